The van der Waals surface area contributed by atoms with E-state index in [4.69, 9.17) is 11.6 Å². The highest BCUT2D eigenvalue weighted by molar-refractivity contribution is 7.99. The minimum atomic E-state index is -0.305. The lowest BCUT2D eigenvalue weighted by Gasteiger charge is -2.40. The van der Waals surface area contributed by atoms with E-state index in [9.17, 15) is 14.4 Å². The van der Waals surface area contributed by atoms with Gasteiger partial charge < -0.3 is 15.1 Å². The molecule has 3 aliphatic heterocycles. The molecule has 184 valence electrons. The number of carbonyl (C=O) groups excluding carboxylic acids is 2. The van der Waals surface area contributed by atoms with Crippen LogP contribution in [-0.2, 0) is 17.9 Å². The van der Waals surface area contributed by atoms with E-state index < -0.39 is 0 Å². The molecule has 1 N–H and O–H groups in total. The predicted molar refractivity (Wildman–Crippen MR) is 142 cm³/mol. The average molecular weight is 522 g/mol. The van der Waals surface area contributed by atoms with Crippen LogP contribution in [0.1, 0.15) is 22.8 Å². The summed E-state index contributed by atoms with van der Waals surface area (Å²) in [6.45, 7) is 8.22. The number of carbonyl (C=O) groups is 2. The Hall–Kier alpha value is -3.30. The van der Waals surface area contributed by atoms with Crippen LogP contribution < -0.4 is 15.9 Å². The van der Waals surface area contributed by atoms with Gasteiger partial charge in [-0.2, -0.15) is 4.98 Å². The van der Waals surface area contributed by atoms with Crippen molar-refractivity contribution >= 4 is 51.9 Å². The Kier molecular flexibility index (Phi) is 5.57. The van der Waals surface area contributed by atoms with Crippen LogP contribution in [0.3, 0.4) is 0 Å². The van der Waals surface area contributed by atoms with E-state index in [0.717, 1.165) is 32.5 Å². The number of anilines is 1. The molecule has 36 heavy (non-hydrogen) atoms. The van der Waals surface area contributed by atoms with Crippen molar-refractivity contribution < 1.29 is 9.59 Å². The summed E-state index contributed by atoms with van der Waals surface area (Å²) >= 11 is 8.62. The fraction of sp³-hybridized carbons (Fsp3) is 0.308. The topological polar surface area (TPSA) is 87.5 Å². The predicted octanol–water partition coefficient (Wildman–Crippen LogP) is 3.29. The number of hydrogen-bond donors (Lipinski definition) is 1. The molecule has 1 saturated heterocycles. The van der Waals surface area contributed by atoms with Gasteiger partial charge in [-0.25, -0.2) is 4.79 Å². The number of fused-ring (bicyclic) bond motifs is 1. The highest BCUT2D eigenvalue weighted by atomic mass is 35.5. The van der Waals surface area contributed by atoms with Gasteiger partial charge in [-0.05, 0) is 30.2 Å². The summed E-state index contributed by atoms with van der Waals surface area (Å²) in [5, 5.41) is 4.22. The number of benzene rings is 2. The maximum Gasteiger partial charge on any atom is 0.350 e. The lowest BCUT2D eigenvalue weighted by molar-refractivity contribution is -0.126. The SMILES string of the molecule is C=CC(=O)N1CCN(c2nc(=O)n3c4c(c(-c5cccc6c5C(=O)NC6)c(Cl)cc24)SCC3)[C@@H](C)C1. The van der Waals surface area contributed by atoms with Gasteiger partial charge in [-0.15, -0.1) is 11.8 Å². The highest BCUT2D eigenvalue weighted by Crippen LogP contribution is 2.47. The van der Waals surface area contributed by atoms with Crippen LogP contribution in [0.25, 0.3) is 22.0 Å². The molecule has 2 amide bonds. The molecule has 3 aliphatic rings. The van der Waals surface area contributed by atoms with Crippen LogP contribution in [0.5, 0.6) is 0 Å². The number of rotatable bonds is 3. The zero-order valence-corrected chi connectivity index (χ0v) is 21.3. The first-order chi connectivity index (χ1) is 17.4. The van der Waals surface area contributed by atoms with Crippen LogP contribution in [0, 0.1) is 0 Å². The lowest BCUT2D eigenvalue weighted by atomic mass is 9.95. The van der Waals surface area contributed by atoms with Crippen molar-refractivity contribution in [2.45, 2.75) is 31.0 Å². The number of aryl methyl sites for hydroxylation is 1. The minimum Gasteiger partial charge on any atom is -0.350 e. The Morgan fingerprint density at radius 1 is 1.25 bits per heavy atom. The highest BCUT2D eigenvalue weighted by Gasteiger charge is 2.32. The Morgan fingerprint density at radius 3 is 2.86 bits per heavy atom. The van der Waals surface area contributed by atoms with E-state index in [1.54, 1.807) is 21.2 Å². The van der Waals surface area contributed by atoms with Crippen molar-refractivity contribution in [2.75, 3.05) is 30.3 Å². The number of nitrogens with one attached hydrogen (secondary N) is 1. The lowest BCUT2D eigenvalue weighted by Crippen LogP contribution is -2.54. The Bertz CT molecular complexity index is 1530. The third-order valence-electron chi connectivity index (χ3n) is 7.18. The van der Waals surface area contributed by atoms with Crippen LogP contribution in [0.15, 0.2) is 46.6 Å². The van der Waals surface area contributed by atoms with Gasteiger partial charge in [0.15, 0.2) is 0 Å². The molecule has 1 fully saturated rings. The molecule has 0 unspecified atom stereocenters. The molecule has 1 aromatic heterocycles. The molecular weight excluding hydrogens is 498 g/mol. The van der Waals surface area contributed by atoms with E-state index in [0.29, 0.717) is 54.9 Å². The zero-order chi connectivity index (χ0) is 25.1. The maximum absolute atomic E-state index is 13.3. The quantitative estimate of drug-likeness (QED) is 0.532. The zero-order valence-electron chi connectivity index (χ0n) is 19.7. The van der Waals surface area contributed by atoms with E-state index in [-0.39, 0.29) is 23.5 Å². The van der Waals surface area contributed by atoms with Crippen LogP contribution >= 0.6 is 23.4 Å². The van der Waals surface area contributed by atoms with Crippen LogP contribution in [0.2, 0.25) is 5.02 Å². The van der Waals surface area contributed by atoms with Crippen molar-refractivity contribution in [3.63, 3.8) is 0 Å². The molecule has 4 heterocycles. The number of halogens is 1. The van der Waals surface area contributed by atoms with Crippen molar-refractivity contribution in [3.8, 4) is 11.1 Å². The molecule has 6 rings (SSSR count). The van der Waals surface area contributed by atoms with E-state index in [1.807, 2.05) is 31.2 Å². The summed E-state index contributed by atoms with van der Waals surface area (Å²) in [7, 11) is 0. The molecule has 0 saturated carbocycles. The van der Waals surface area contributed by atoms with E-state index >= 15 is 0 Å². The molecule has 3 aromatic rings. The number of amides is 2. The number of hydrogen-bond acceptors (Lipinski definition) is 6. The van der Waals surface area contributed by atoms with Crippen molar-refractivity contribution in [1.29, 1.82) is 0 Å². The normalized spacial score (nSPS) is 18.8. The van der Waals surface area contributed by atoms with Gasteiger partial charge in [-0.3, -0.25) is 14.2 Å². The van der Waals surface area contributed by atoms with E-state index in [2.05, 4.69) is 21.8 Å². The van der Waals surface area contributed by atoms with Crippen molar-refractivity contribution in [3.05, 3.63) is 63.6 Å². The van der Waals surface area contributed by atoms with Crippen molar-refractivity contribution in [2.24, 2.45) is 0 Å². The molecule has 0 bridgehead atoms. The summed E-state index contributed by atoms with van der Waals surface area (Å²) in [6.07, 6.45) is 1.33. The average Bonchev–Trinajstić information content (AvgIpc) is 3.26. The molecule has 2 aromatic carbocycles. The molecule has 0 radical (unpaired) electrons. The van der Waals surface area contributed by atoms with Gasteiger partial charge in [0, 0.05) is 60.4 Å². The van der Waals surface area contributed by atoms with Gasteiger partial charge in [0.2, 0.25) is 5.91 Å². The summed E-state index contributed by atoms with van der Waals surface area (Å²) in [4.78, 5) is 47.3. The largest absolute Gasteiger partial charge is 0.350 e. The summed E-state index contributed by atoms with van der Waals surface area (Å²) < 4.78 is 1.72. The Morgan fingerprint density at radius 2 is 2.08 bits per heavy atom. The van der Waals surface area contributed by atoms with Crippen LogP contribution in [0.4, 0.5) is 5.82 Å². The first-order valence-electron chi connectivity index (χ1n) is 11.9. The third-order valence-corrected chi connectivity index (χ3v) is 8.56. The summed E-state index contributed by atoms with van der Waals surface area (Å²) in [5.74, 6) is 1.07. The first-order valence-corrected chi connectivity index (χ1v) is 13.2. The standard InChI is InChI=1S/C26H24ClN5O3S/c1-3-19(33)30-7-8-31(14(2)13-30)24-17-11-18(27)21(16-6-4-5-15-12-28-25(34)20(15)16)23-22(17)32(9-10-36-23)26(35)29-24/h3-6,11,14H,1,7-10,12-13H2,2H3,(H,28,34)/t14-/m0/s1. The second kappa shape index (κ2) is 8.67. The fourth-order valence-electron chi connectivity index (χ4n) is 5.51. The monoisotopic (exact) mass is 521 g/mol. The minimum absolute atomic E-state index is 0.0489. The van der Waals surface area contributed by atoms with Crippen molar-refractivity contribution in [1.82, 2.24) is 19.8 Å². The van der Waals surface area contributed by atoms with Gasteiger partial charge in [-0.1, -0.05) is 36.4 Å². The number of aromatic nitrogens is 2. The third kappa shape index (κ3) is 3.44. The second-order valence-corrected chi connectivity index (χ2v) is 10.7. The number of piperazine rings is 1. The molecule has 0 aliphatic carbocycles. The Balaban J connectivity index is 1.56. The van der Waals surface area contributed by atoms with Crippen LogP contribution in [-0.4, -0.2) is 57.7 Å². The summed E-state index contributed by atoms with van der Waals surface area (Å²) in [6, 6.07) is 7.63. The maximum atomic E-state index is 13.3. The Labute approximate surface area is 216 Å². The second-order valence-electron chi connectivity index (χ2n) is 9.23. The molecule has 8 nitrogen and oxygen atoms in total. The number of thioether (sulfide) groups is 1. The van der Waals surface area contributed by atoms with E-state index in [1.165, 1.54) is 6.08 Å². The molecule has 10 heteroatoms. The summed E-state index contributed by atoms with van der Waals surface area (Å²) in [5.41, 5.74) is 3.63. The molecule has 0 spiro atoms. The van der Waals surface area contributed by atoms with Gasteiger partial charge in [0.05, 0.1) is 16.1 Å². The smallest absolute Gasteiger partial charge is 0.350 e. The fourth-order valence-corrected chi connectivity index (χ4v) is 7.07. The molecular formula is C26H24ClN5O3S. The number of nitrogens with zero attached hydrogens (tertiary/aromatic N) is 4. The van der Waals surface area contributed by atoms with Gasteiger partial charge >= 0.3 is 5.69 Å². The van der Waals surface area contributed by atoms with Gasteiger partial charge in [0.1, 0.15) is 5.82 Å². The first kappa shape index (κ1) is 23.1. The van der Waals surface area contributed by atoms with Gasteiger partial charge in [0.25, 0.3) is 5.91 Å². The molecule has 1 atom stereocenters.